The lowest BCUT2D eigenvalue weighted by Gasteiger charge is -2.32. The van der Waals surface area contributed by atoms with E-state index in [9.17, 15) is 4.79 Å². The SMILES string of the molecule is COc1nc(-c2cccc(B3OC(C)(C)C(C)(C)O3)c2C)ccc1C=O. The van der Waals surface area contributed by atoms with E-state index >= 15 is 0 Å². The van der Waals surface area contributed by atoms with Crippen LogP contribution in [0.3, 0.4) is 0 Å². The molecule has 0 unspecified atom stereocenters. The number of aromatic nitrogens is 1. The van der Waals surface area contributed by atoms with Gasteiger partial charge in [-0.25, -0.2) is 4.98 Å². The average molecular weight is 353 g/mol. The lowest BCUT2D eigenvalue weighted by molar-refractivity contribution is 0.00578. The first kappa shape index (κ1) is 18.6. The molecule has 0 radical (unpaired) electrons. The van der Waals surface area contributed by atoms with Crippen LogP contribution in [0.15, 0.2) is 30.3 Å². The Labute approximate surface area is 154 Å². The summed E-state index contributed by atoms with van der Waals surface area (Å²) in [5, 5.41) is 0. The predicted molar refractivity (Wildman–Crippen MR) is 102 cm³/mol. The van der Waals surface area contributed by atoms with Gasteiger partial charge >= 0.3 is 7.12 Å². The van der Waals surface area contributed by atoms with Gasteiger partial charge < -0.3 is 14.0 Å². The number of aldehydes is 1. The van der Waals surface area contributed by atoms with Crippen LogP contribution in [0.4, 0.5) is 0 Å². The highest BCUT2D eigenvalue weighted by Gasteiger charge is 2.52. The Morgan fingerprint density at radius 1 is 1.08 bits per heavy atom. The maximum absolute atomic E-state index is 11.1. The summed E-state index contributed by atoms with van der Waals surface area (Å²) in [4.78, 5) is 15.6. The van der Waals surface area contributed by atoms with E-state index in [4.69, 9.17) is 14.0 Å². The zero-order valence-electron chi connectivity index (χ0n) is 16.1. The summed E-state index contributed by atoms with van der Waals surface area (Å²) < 4.78 is 17.6. The van der Waals surface area contributed by atoms with Crippen LogP contribution in [-0.4, -0.2) is 36.7 Å². The molecule has 0 N–H and O–H groups in total. The molecule has 1 saturated heterocycles. The standard InChI is InChI=1S/C20H24BNO4/c1-13-15(17-11-10-14(12-23)18(22-17)24-6)8-7-9-16(13)21-25-19(2,3)20(4,5)26-21/h7-12H,1-6H3. The van der Waals surface area contributed by atoms with Crippen molar-refractivity contribution in [3.05, 3.63) is 41.5 Å². The minimum atomic E-state index is -0.434. The van der Waals surface area contributed by atoms with Gasteiger partial charge in [-0.1, -0.05) is 18.2 Å². The molecule has 0 bridgehead atoms. The molecule has 0 aliphatic carbocycles. The first-order valence-electron chi connectivity index (χ1n) is 8.66. The van der Waals surface area contributed by atoms with Crippen molar-refractivity contribution in [1.29, 1.82) is 0 Å². The molecule has 1 fully saturated rings. The molecule has 0 amide bonds. The lowest BCUT2D eigenvalue weighted by Crippen LogP contribution is -2.41. The molecule has 6 heteroatoms. The summed E-state index contributed by atoms with van der Waals surface area (Å²) in [6.07, 6.45) is 0.739. The minimum Gasteiger partial charge on any atom is -0.480 e. The molecule has 3 rings (SSSR count). The smallest absolute Gasteiger partial charge is 0.480 e. The number of carbonyl (C=O) groups excluding carboxylic acids is 1. The maximum atomic E-state index is 11.1. The Balaban J connectivity index is 2.03. The molecule has 1 aliphatic rings. The predicted octanol–water partition coefficient (Wildman–Crippen LogP) is 3.18. The summed E-state index contributed by atoms with van der Waals surface area (Å²) in [6, 6.07) is 9.51. The highest BCUT2D eigenvalue weighted by molar-refractivity contribution is 6.62. The van der Waals surface area contributed by atoms with Crippen molar-refractivity contribution < 1.29 is 18.8 Å². The number of methoxy groups -OCH3 is 1. The Hall–Kier alpha value is -2.18. The van der Waals surface area contributed by atoms with Gasteiger partial charge in [-0.3, -0.25) is 4.79 Å². The summed E-state index contributed by atoms with van der Waals surface area (Å²) in [5.74, 6) is 0.318. The van der Waals surface area contributed by atoms with Crippen LogP contribution in [0.2, 0.25) is 0 Å². The second-order valence-corrected chi connectivity index (χ2v) is 7.52. The van der Waals surface area contributed by atoms with Crippen LogP contribution in [0, 0.1) is 6.92 Å². The third kappa shape index (κ3) is 3.04. The zero-order chi connectivity index (χ0) is 19.1. The van der Waals surface area contributed by atoms with Gasteiger partial charge in [-0.05, 0) is 57.8 Å². The van der Waals surface area contributed by atoms with Crippen molar-refractivity contribution in [2.24, 2.45) is 0 Å². The molecule has 1 aromatic heterocycles. The second-order valence-electron chi connectivity index (χ2n) is 7.52. The fourth-order valence-electron chi connectivity index (χ4n) is 3.01. The van der Waals surface area contributed by atoms with Crippen molar-refractivity contribution in [2.75, 3.05) is 7.11 Å². The molecule has 0 spiro atoms. The van der Waals surface area contributed by atoms with E-state index in [1.165, 1.54) is 7.11 Å². The monoisotopic (exact) mass is 353 g/mol. The normalized spacial score (nSPS) is 18.0. The van der Waals surface area contributed by atoms with E-state index in [1.54, 1.807) is 6.07 Å². The first-order chi connectivity index (χ1) is 12.2. The van der Waals surface area contributed by atoms with Gasteiger partial charge in [0.1, 0.15) is 0 Å². The Morgan fingerprint density at radius 2 is 1.73 bits per heavy atom. The molecule has 1 aliphatic heterocycles. The summed E-state index contributed by atoms with van der Waals surface area (Å²) in [6.45, 7) is 10.2. The van der Waals surface area contributed by atoms with Crippen LogP contribution in [0.1, 0.15) is 43.6 Å². The number of nitrogens with zero attached hydrogens (tertiary/aromatic N) is 1. The molecule has 2 heterocycles. The first-order valence-corrected chi connectivity index (χ1v) is 8.66. The van der Waals surface area contributed by atoms with Crippen molar-refractivity contribution in [2.45, 2.75) is 45.8 Å². The van der Waals surface area contributed by atoms with Gasteiger partial charge in [-0.2, -0.15) is 0 Å². The van der Waals surface area contributed by atoms with Gasteiger partial charge in [-0.15, -0.1) is 0 Å². The molecule has 5 nitrogen and oxygen atoms in total. The van der Waals surface area contributed by atoms with Crippen molar-refractivity contribution in [3.63, 3.8) is 0 Å². The second kappa shape index (κ2) is 6.52. The fraction of sp³-hybridized carbons (Fsp3) is 0.400. The molecular weight excluding hydrogens is 329 g/mol. The van der Waals surface area contributed by atoms with E-state index in [0.29, 0.717) is 11.4 Å². The van der Waals surface area contributed by atoms with E-state index in [2.05, 4.69) is 4.98 Å². The van der Waals surface area contributed by atoms with E-state index < -0.39 is 18.3 Å². The number of ether oxygens (including phenoxy) is 1. The quantitative estimate of drug-likeness (QED) is 0.624. The molecular formula is C20H24BNO4. The zero-order valence-corrected chi connectivity index (χ0v) is 16.1. The Morgan fingerprint density at radius 3 is 2.31 bits per heavy atom. The van der Waals surface area contributed by atoms with Gasteiger partial charge in [0, 0.05) is 5.56 Å². The number of hydrogen-bond donors (Lipinski definition) is 0. The van der Waals surface area contributed by atoms with Crippen LogP contribution in [-0.2, 0) is 9.31 Å². The largest absolute Gasteiger partial charge is 0.495 e. The topological polar surface area (TPSA) is 57.6 Å². The van der Waals surface area contributed by atoms with Crippen LogP contribution in [0.5, 0.6) is 5.88 Å². The fourth-order valence-corrected chi connectivity index (χ4v) is 3.01. The van der Waals surface area contributed by atoms with E-state index in [1.807, 2.05) is 58.9 Å². The van der Waals surface area contributed by atoms with Crippen molar-refractivity contribution in [3.8, 4) is 17.1 Å². The van der Waals surface area contributed by atoms with Gasteiger partial charge in [0.05, 0.1) is 29.6 Å². The number of hydrogen-bond acceptors (Lipinski definition) is 5. The molecule has 0 saturated carbocycles. The van der Waals surface area contributed by atoms with Crippen molar-refractivity contribution >= 4 is 18.9 Å². The van der Waals surface area contributed by atoms with Crippen LogP contribution < -0.4 is 10.2 Å². The van der Waals surface area contributed by atoms with E-state index in [-0.39, 0.29) is 0 Å². The summed E-state index contributed by atoms with van der Waals surface area (Å²) in [7, 11) is 1.07. The number of rotatable bonds is 4. The van der Waals surface area contributed by atoms with Gasteiger partial charge in [0.2, 0.25) is 5.88 Å². The lowest BCUT2D eigenvalue weighted by atomic mass is 9.75. The third-order valence-electron chi connectivity index (χ3n) is 5.37. The number of carbonyl (C=O) groups is 1. The molecule has 2 aromatic rings. The number of benzene rings is 1. The average Bonchev–Trinajstić information content (AvgIpc) is 2.82. The van der Waals surface area contributed by atoms with E-state index in [0.717, 1.165) is 28.6 Å². The maximum Gasteiger partial charge on any atom is 0.495 e. The Bertz CT molecular complexity index is 832. The highest BCUT2D eigenvalue weighted by atomic mass is 16.7. The van der Waals surface area contributed by atoms with Crippen LogP contribution in [0.25, 0.3) is 11.3 Å². The number of pyridine rings is 1. The van der Waals surface area contributed by atoms with Gasteiger partial charge in [0.25, 0.3) is 0 Å². The molecule has 26 heavy (non-hydrogen) atoms. The minimum absolute atomic E-state index is 0.318. The highest BCUT2D eigenvalue weighted by Crippen LogP contribution is 2.37. The third-order valence-corrected chi connectivity index (χ3v) is 5.37. The van der Waals surface area contributed by atoms with Gasteiger partial charge in [0.15, 0.2) is 6.29 Å². The van der Waals surface area contributed by atoms with Crippen molar-refractivity contribution in [1.82, 2.24) is 4.98 Å². The van der Waals surface area contributed by atoms with Crippen LogP contribution >= 0.6 is 0 Å². The summed E-state index contributed by atoms with van der Waals surface area (Å²) >= 11 is 0. The molecule has 0 atom stereocenters. The molecule has 136 valence electrons. The molecule has 1 aromatic carbocycles. The summed E-state index contributed by atoms with van der Waals surface area (Å²) in [5.41, 5.74) is 3.33. The Kier molecular flexibility index (Phi) is 4.67.